The molecular formula is C17H16N4O. The van der Waals surface area contributed by atoms with Gasteiger partial charge in [0, 0.05) is 29.8 Å². The van der Waals surface area contributed by atoms with E-state index in [4.69, 9.17) is 0 Å². The van der Waals surface area contributed by atoms with Crippen molar-refractivity contribution in [2.24, 2.45) is 0 Å². The first kappa shape index (κ1) is 13.0. The third-order valence-corrected chi connectivity index (χ3v) is 4.20. The molecule has 0 bridgehead atoms. The summed E-state index contributed by atoms with van der Waals surface area (Å²) in [6.07, 6.45) is 7.01. The fourth-order valence-electron chi connectivity index (χ4n) is 3.14. The van der Waals surface area contributed by atoms with Crippen LogP contribution in [0, 0.1) is 0 Å². The largest absolute Gasteiger partial charge is 0.351 e. The van der Waals surface area contributed by atoms with Crippen LogP contribution in [0.25, 0.3) is 10.9 Å². The third-order valence-electron chi connectivity index (χ3n) is 4.20. The van der Waals surface area contributed by atoms with Crippen LogP contribution in [-0.4, -0.2) is 32.3 Å². The number of benzene rings is 1. The summed E-state index contributed by atoms with van der Waals surface area (Å²) in [5.41, 5.74) is 2.49. The molecule has 1 aliphatic heterocycles. The summed E-state index contributed by atoms with van der Waals surface area (Å²) in [6, 6.07) is 9.87. The van der Waals surface area contributed by atoms with E-state index in [0.29, 0.717) is 5.69 Å². The molecule has 5 heteroatoms. The number of aromatic amines is 1. The van der Waals surface area contributed by atoms with Crippen molar-refractivity contribution in [3.05, 3.63) is 60.3 Å². The number of likely N-dealkylation sites (tertiary alicyclic amines) is 1. The predicted octanol–water partition coefficient (Wildman–Crippen LogP) is 2.94. The van der Waals surface area contributed by atoms with Crippen molar-refractivity contribution in [3.8, 4) is 0 Å². The van der Waals surface area contributed by atoms with Gasteiger partial charge in [-0.1, -0.05) is 18.2 Å². The highest BCUT2D eigenvalue weighted by Gasteiger charge is 2.32. The van der Waals surface area contributed by atoms with Crippen LogP contribution in [0.4, 0.5) is 0 Å². The zero-order valence-electron chi connectivity index (χ0n) is 12.1. The molecule has 5 nitrogen and oxygen atoms in total. The second-order valence-corrected chi connectivity index (χ2v) is 5.56. The maximum Gasteiger partial charge on any atom is 0.270 e. The van der Waals surface area contributed by atoms with E-state index in [2.05, 4.69) is 15.0 Å². The molecule has 22 heavy (non-hydrogen) atoms. The molecule has 110 valence electrons. The summed E-state index contributed by atoms with van der Waals surface area (Å²) in [5, 5.41) is 1.06. The van der Waals surface area contributed by atoms with Gasteiger partial charge in [-0.25, -0.2) is 0 Å². The summed E-state index contributed by atoms with van der Waals surface area (Å²) in [4.78, 5) is 26.4. The molecule has 3 heterocycles. The second kappa shape index (κ2) is 5.26. The van der Waals surface area contributed by atoms with E-state index in [-0.39, 0.29) is 11.9 Å². The van der Waals surface area contributed by atoms with Crippen molar-refractivity contribution in [2.75, 3.05) is 6.54 Å². The Hall–Kier alpha value is -2.69. The van der Waals surface area contributed by atoms with Crippen LogP contribution in [0.15, 0.2) is 48.9 Å². The summed E-state index contributed by atoms with van der Waals surface area (Å²) in [7, 11) is 0. The number of amides is 1. The molecule has 1 aromatic carbocycles. The predicted molar refractivity (Wildman–Crippen MR) is 83.3 cm³/mol. The van der Waals surface area contributed by atoms with Crippen LogP contribution in [0.1, 0.15) is 35.1 Å². The Morgan fingerprint density at radius 2 is 2.18 bits per heavy atom. The minimum absolute atomic E-state index is 0.0209. The maximum atomic E-state index is 12.8. The molecule has 0 radical (unpaired) electrons. The summed E-state index contributed by atoms with van der Waals surface area (Å²) in [5.74, 6) is 0.0318. The molecule has 0 spiro atoms. The molecule has 4 rings (SSSR count). The second-order valence-electron chi connectivity index (χ2n) is 5.56. The van der Waals surface area contributed by atoms with Gasteiger partial charge in [0.1, 0.15) is 5.69 Å². The lowest BCUT2D eigenvalue weighted by atomic mass is 10.1. The van der Waals surface area contributed by atoms with Crippen LogP contribution in [0.2, 0.25) is 0 Å². The molecular weight excluding hydrogens is 276 g/mol. The molecule has 1 saturated heterocycles. The minimum Gasteiger partial charge on any atom is -0.351 e. The number of para-hydroxylation sites is 1. The smallest absolute Gasteiger partial charge is 0.270 e. The molecule has 3 aromatic rings. The van der Waals surface area contributed by atoms with Crippen LogP contribution in [-0.2, 0) is 0 Å². The highest BCUT2D eigenvalue weighted by atomic mass is 16.2. The first-order valence-electron chi connectivity index (χ1n) is 7.47. The van der Waals surface area contributed by atoms with Crippen molar-refractivity contribution in [3.63, 3.8) is 0 Å². The molecule has 1 aliphatic rings. The van der Waals surface area contributed by atoms with Crippen molar-refractivity contribution in [1.29, 1.82) is 0 Å². The van der Waals surface area contributed by atoms with Crippen LogP contribution < -0.4 is 0 Å². The number of carbonyl (C=O) groups is 1. The average Bonchev–Trinajstić information content (AvgIpc) is 3.21. The SMILES string of the molecule is O=C(c1cc2ccccc2[nH]1)N1CCCC1c1cnccn1. The summed E-state index contributed by atoms with van der Waals surface area (Å²) in [6.45, 7) is 0.759. The first-order valence-corrected chi connectivity index (χ1v) is 7.47. The van der Waals surface area contributed by atoms with Gasteiger partial charge in [0.05, 0.1) is 17.9 Å². The Bertz CT molecular complexity index is 779. The number of carbonyl (C=O) groups excluding carboxylic acids is 1. The van der Waals surface area contributed by atoms with E-state index in [0.717, 1.165) is 36.0 Å². The molecule has 1 amide bonds. The Kier molecular flexibility index (Phi) is 3.11. The van der Waals surface area contributed by atoms with Gasteiger partial charge < -0.3 is 9.88 Å². The summed E-state index contributed by atoms with van der Waals surface area (Å²) >= 11 is 0. The van der Waals surface area contributed by atoms with E-state index in [1.807, 2.05) is 35.2 Å². The minimum atomic E-state index is 0.0209. The number of H-pyrrole nitrogens is 1. The number of nitrogens with one attached hydrogen (secondary N) is 1. The highest BCUT2D eigenvalue weighted by molar-refractivity contribution is 5.98. The fourth-order valence-corrected chi connectivity index (χ4v) is 3.14. The zero-order valence-corrected chi connectivity index (χ0v) is 12.1. The van der Waals surface area contributed by atoms with Crippen LogP contribution in [0.5, 0.6) is 0 Å². The van der Waals surface area contributed by atoms with E-state index in [1.165, 1.54) is 0 Å². The Morgan fingerprint density at radius 3 is 3.00 bits per heavy atom. The Balaban J connectivity index is 1.66. The lowest BCUT2D eigenvalue weighted by molar-refractivity contribution is 0.0727. The third kappa shape index (κ3) is 2.15. The summed E-state index contributed by atoms with van der Waals surface area (Å²) < 4.78 is 0. The maximum absolute atomic E-state index is 12.8. The lowest BCUT2D eigenvalue weighted by Crippen LogP contribution is -2.31. The van der Waals surface area contributed by atoms with Gasteiger partial charge in [0.25, 0.3) is 5.91 Å². The number of nitrogens with zero attached hydrogens (tertiary/aromatic N) is 3. The molecule has 1 fully saturated rings. The number of hydrogen-bond donors (Lipinski definition) is 1. The van der Waals surface area contributed by atoms with Gasteiger partial charge in [0.2, 0.25) is 0 Å². The Morgan fingerprint density at radius 1 is 1.27 bits per heavy atom. The highest BCUT2D eigenvalue weighted by Crippen LogP contribution is 2.31. The number of hydrogen-bond acceptors (Lipinski definition) is 3. The van der Waals surface area contributed by atoms with E-state index >= 15 is 0 Å². The van der Waals surface area contributed by atoms with Crippen molar-refractivity contribution >= 4 is 16.8 Å². The topological polar surface area (TPSA) is 61.9 Å². The molecule has 0 saturated carbocycles. The molecule has 2 aromatic heterocycles. The van der Waals surface area contributed by atoms with Crippen molar-refractivity contribution in [1.82, 2.24) is 19.9 Å². The van der Waals surface area contributed by atoms with Crippen LogP contribution >= 0.6 is 0 Å². The lowest BCUT2D eigenvalue weighted by Gasteiger charge is -2.23. The first-order chi connectivity index (χ1) is 10.8. The van der Waals surface area contributed by atoms with Gasteiger partial charge in [0.15, 0.2) is 0 Å². The zero-order chi connectivity index (χ0) is 14.9. The Labute approximate surface area is 128 Å². The van der Waals surface area contributed by atoms with Crippen molar-refractivity contribution < 1.29 is 4.79 Å². The van der Waals surface area contributed by atoms with Gasteiger partial charge >= 0.3 is 0 Å². The average molecular weight is 292 g/mol. The molecule has 0 aliphatic carbocycles. The standard InChI is InChI=1S/C17H16N4O/c22-17(14-10-12-4-1-2-5-13(12)20-14)21-9-3-6-16(21)15-11-18-7-8-19-15/h1-2,4-5,7-8,10-11,16,20H,3,6,9H2. The number of aromatic nitrogens is 3. The van der Waals surface area contributed by atoms with Crippen molar-refractivity contribution in [2.45, 2.75) is 18.9 Å². The van der Waals surface area contributed by atoms with E-state index in [1.54, 1.807) is 18.6 Å². The number of rotatable bonds is 2. The van der Waals surface area contributed by atoms with Gasteiger partial charge in [-0.2, -0.15) is 0 Å². The van der Waals surface area contributed by atoms with Gasteiger partial charge in [-0.3, -0.25) is 14.8 Å². The quantitative estimate of drug-likeness (QED) is 0.790. The molecule has 1 atom stereocenters. The van der Waals surface area contributed by atoms with Gasteiger partial charge in [-0.05, 0) is 25.0 Å². The molecule has 1 N–H and O–H groups in total. The monoisotopic (exact) mass is 292 g/mol. The van der Waals surface area contributed by atoms with E-state index in [9.17, 15) is 4.79 Å². The number of fused-ring (bicyclic) bond motifs is 1. The molecule has 1 unspecified atom stereocenters. The van der Waals surface area contributed by atoms with Crippen LogP contribution in [0.3, 0.4) is 0 Å². The normalized spacial score (nSPS) is 18.0. The van der Waals surface area contributed by atoms with E-state index < -0.39 is 0 Å². The van der Waals surface area contributed by atoms with Gasteiger partial charge in [-0.15, -0.1) is 0 Å². The fraction of sp³-hybridized carbons (Fsp3) is 0.235.